The van der Waals surface area contributed by atoms with Crippen molar-refractivity contribution in [1.82, 2.24) is 0 Å². The summed E-state index contributed by atoms with van der Waals surface area (Å²) in [5, 5.41) is 19.2. The van der Waals surface area contributed by atoms with E-state index in [2.05, 4.69) is 0 Å². The van der Waals surface area contributed by atoms with Gasteiger partial charge in [0, 0.05) is 39.1 Å². The van der Waals surface area contributed by atoms with Gasteiger partial charge in [0.05, 0.1) is 39.4 Å². The number of carbonyl (C=O) groups is 6. The van der Waals surface area contributed by atoms with Crippen molar-refractivity contribution in [2.75, 3.05) is 75.6 Å². The fourth-order valence-electron chi connectivity index (χ4n) is 5.33. The van der Waals surface area contributed by atoms with Gasteiger partial charge in [0.1, 0.15) is 49.7 Å². The first-order valence-electron chi connectivity index (χ1n) is 19.1. The maximum Gasteiger partial charge on any atom is 0.348 e. The molecule has 16 heteroatoms. The second-order valence-electron chi connectivity index (χ2n) is 12.9. The smallest absolute Gasteiger partial charge is 0.348 e. The van der Waals surface area contributed by atoms with Crippen molar-refractivity contribution in [3.8, 4) is 12.1 Å². The van der Waals surface area contributed by atoms with Gasteiger partial charge in [-0.05, 0) is 60.4 Å². The van der Waals surface area contributed by atoms with E-state index < -0.39 is 35.8 Å². The van der Waals surface area contributed by atoms with Gasteiger partial charge in [0.25, 0.3) is 0 Å². The van der Waals surface area contributed by atoms with E-state index in [0.717, 1.165) is 30.6 Å². The molecule has 0 aliphatic heterocycles. The number of hydrogen-bond donors (Lipinski definition) is 0. The van der Waals surface area contributed by atoms with Crippen LogP contribution in [0.5, 0.6) is 0 Å². The zero-order valence-corrected chi connectivity index (χ0v) is 34.1. The Kier molecular flexibility index (Phi) is 22.9. The predicted molar refractivity (Wildman–Crippen MR) is 216 cm³/mol. The lowest BCUT2D eigenvalue weighted by Gasteiger charge is -2.24. The number of nitrogens with zero attached hydrogens (tertiary/aromatic N) is 4. The first-order valence-corrected chi connectivity index (χ1v) is 19.1. The normalized spacial score (nSPS) is 10.9. The highest BCUT2D eigenvalue weighted by Crippen LogP contribution is 2.19. The molecule has 0 amide bonds. The van der Waals surface area contributed by atoms with Gasteiger partial charge in [-0.15, -0.1) is 0 Å². The Morgan fingerprint density at radius 2 is 0.746 bits per heavy atom. The lowest BCUT2D eigenvalue weighted by molar-refractivity contribution is -0.142. The van der Waals surface area contributed by atoms with Crippen LogP contribution in [0.4, 0.5) is 11.4 Å². The Hall–Kier alpha value is -6.68. The van der Waals surface area contributed by atoms with E-state index in [1.165, 1.54) is 39.8 Å². The van der Waals surface area contributed by atoms with E-state index in [-0.39, 0.29) is 50.8 Å². The third-order valence-corrected chi connectivity index (χ3v) is 8.24. The van der Waals surface area contributed by atoms with Crippen LogP contribution < -0.4 is 9.80 Å². The minimum Gasteiger partial charge on any atom is -0.464 e. The maximum atomic E-state index is 12.6. The van der Waals surface area contributed by atoms with Crippen molar-refractivity contribution >= 4 is 59.3 Å². The van der Waals surface area contributed by atoms with E-state index in [1.54, 1.807) is 48.5 Å². The van der Waals surface area contributed by atoms with Crippen molar-refractivity contribution in [2.24, 2.45) is 0 Å². The molecule has 0 fully saturated rings. The van der Waals surface area contributed by atoms with Gasteiger partial charge in [-0.3, -0.25) is 19.2 Å². The van der Waals surface area contributed by atoms with Crippen LogP contribution in [0.15, 0.2) is 59.7 Å². The summed E-state index contributed by atoms with van der Waals surface area (Å²) >= 11 is 0. The molecule has 0 unspecified atom stereocenters. The molecule has 2 rings (SSSR count). The summed E-state index contributed by atoms with van der Waals surface area (Å²) in [6.45, 7) is 7.57. The molecule has 0 saturated carbocycles. The van der Waals surface area contributed by atoms with Crippen LogP contribution in [0, 0.1) is 22.7 Å². The summed E-state index contributed by atoms with van der Waals surface area (Å²) in [6, 6.07) is 17.8. The molecule has 59 heavy (non-hydrogen) atoms. The number of hydrogen-bond acceptors (Lipinski definition) is 16. The third kappa shape index (κ3) is 20.9. The molecule has 0 aromatic heterocycles. The minimum atomic E-state index is -0.736. The molecule has 0 radical (unpaired) electrons. The summed E-state index contributed by atoms with van der Waals surface area (Å²) in [5.41, 5.74) is 2.41. The Labute approximate surface area is 344 Å². The second-order valence-corrected chi connectivity index (χ2v) is 12.9. The van der Waals surface area contributed by atoms with Crippen LogP contribution in [0.2, 0.25) is 0 Å². The first-order chi connectivity index (χ1) is 28.3. The van der Waals surface area contributed by atoms with Crippen LogP contribution in [0.3, 0.4) is 0 Å². The first kappa shape index (κ1) is 48.5. The molecule has 0 bridgehead atoms. The van der Waals surface area contributed by atoms with Gasteiger partial charge < -0.3 is 38.2 Å². The molecule has 0 aliphatic carbocycles. The fourth-order valence-corrected chi connectivity index (χ4v) is 5.33. The molecule has 0 atom stereocenters. The van der Waals surface area contributed by atoms with Gasteiger partial charge in [-0.1, -0.05) is 43.5 Å². The van der Waals surface area contributed by atoms with Crippen LogP contribution in [-0.2, 0) is 57.2 Å². The van der Waals surface area contributed by atoms with Crippen molar-refractivity contribution < 1.29 is 57.2 Å². The van der Waals surface area contributed by atoms with Crippen molar-refractivity contribution in [2.45, 2.75) is 59.8 Å². The fraction of sp³-hybridized carbons (Fsp3) is 0.442. The average molecular weight is 817 g/mol. The van der Waals surface area contributed by atoms with Gasteiger partial charge in [-0.2, -0.15) is 10.5 Å². The Bertz CT molecular complexity index is 1670. The summed E-state index contributed by atoms with van der Waals surface area (Å²) < 4.78 is 30.8. The lowest BCUT2D eigenvalue weighted by Crippen LogP contribution is -2.31. The molecule has 0 spiro atoms. The average Bonchev–Trinajstić information content (AvgIpc) is 3.20. The number of unbranched alkanes of at least 4 members (excludes halogenated alkanes) is 4. The van der Waals surface area contributed by atoms with Crippen LogP contribution >= 0.6 is 0 Å². The van der Waals surface area contributed by atoms with Gasteiger partial charge in [-0.25, -0.2) is 9.59 Å². The molecule has 0 aliphatic rings. The summed E-state index contributed by atoms with van der Waals surface area (Å²) in [5.74, 6) is -3.09. The number of ether oxygens (including phenoxy) is 6. The Morgan fingerprint density at radius 1 is 0.458 bits per heavy atom. The number of nitriles is 2. The van der Waals surface area contributed by atoms with Crippen LogP contribution in [0.1, 0.15) is 70.9 Å². The van der Waals surface area contributed by atoms with Gasteiger partial charge >= 0.3 is 35.8 Å². The highest BCUT2D eigenvalue weighted by molar-refractivity contribution is 5.98. The SMILES string of the molecule is CC(=O)OCCN(CCOC(C)=O)c1ccc(C=C(C#N)C(=O)OCCCCCCCOC(=O)C(C#N)=Cc2ccc(N(CCOC(C)=O)CCOC(C)=O)cc2)cc1. The van der Waals surface area contributed by atoms with Crippen molar-refractivity contribution in [3.63, 3.8) is 0 Å². The monoisotopic (exact) mass is 816 g/mol. The number of carbonyl (C=O) groups excluding carboxylic acids is 6. The quantitative estimate of drug-likeness (QED) is 0.0397. The standard InChI is InChI=1S/C43H52N4O12/c1-32(48)54-24-18-46(19-25-55-33(2)49)40-14-10-36(11-15-40)28-38(30-44)42(52)58-22-8-6-5-7-9-23-59-43(53)39(31-45)29-37-12-16-41(17-13-37)47(20-26-56-34(3)50)21-27-57-35(4)51/h10-17,28-29H,5-9,18-27H2,1-4H3. The lowest BCUT2D eigenvalue weighted by atomic mass is 10.1. The molecule has 0 heterocycles. The molecular weight excluding hydrogens is 764 g/mol. The van der Waals surface area contributed by atoms with E-state index in [1.807, 2.05) is 21.9 Å². The zero-order chi connectivity index (χ0) is 43.4. The molecule has 2 aromatic carbocycles. The van der Waals surface area contributed by atoms with E-state index in [4.69, 9.17) is 28.4 Å². The number of rotatable bonds is 26. The Balaban J connectivity index is 1.76. The molecular formula is C43H52N4O12. The van der Waals surface area contributed by atoms with Crippen molar-refractivity contribution in [3.05, 3.63) is 70.8 Å². The van der Waals surface area contributed by atoms with E-state index >= 15 is 0 Å². The molecule has 2 aromatic rings. The highest BCUT2D eigenvalue weighted by atomic mass is 16.6. The summed E-state index contributed by atoms with van der Waals surface area (Å²) in [7, 11) is 0. The van der Waals surface area contributed by atoms with E-state index in [9.17, 15) is 39.3 Å². The maximum absolute atomic E-state index is 12.6. The highest BCUT2D eigenvalue weighted by Gasteiger charge is 2.14. The molecule has 316 valence electrons. The van der Waals surface area contributed by atoms with Gasteiger partial charge in [0.2, 0.25) is 0 Å². The summed E-state index contributed by atoms with van der Waals surface area (Å²) in [4.78, 5) is 73.6. The predicted octanol–water partition coefficient (Wildman–Crippen LogP) is 5.10. The van der Waals surface area contributed by atoms with Crippen LogP contribution in [0.25, 0.3) is 12.2 Å². The Morgan fingerprint density at radius 3 is 1.02 bits per heavy atom. The van der Waals surface area contributed by atoms with Crippen molar-refractivity contribution in [1.29, 1.82) is 10.5 Å². The largest absolute Gasteiger partial charge is 0.464 e. The zero-order valence-electron chi connectivity index (χ0n) is 34.1. The molecule has 0 N–H and O–H groups in total. The van der Waals surface area contributed by atoms with E-state index in [0.29, 0.717) is 50.1 Å². The second kappa shape index (κ2) is 27.8. The molecule has 0 saturated heterocycles. The molecule has 16 nitrogen and oxygen atoms in total. The minimum absolute atomic E-state index is 0.128. The number of esters is 6. The van der Waals surface area contributed by atoms with Crippen LogP contribution in [-0.4, -0.2) is 102 Å². The van der Waals surface area contributed by atoms with Gasteiger partial charge in [0.15, 0.2) is 0 Å². The topological polar surface area (TPSA) is 212 Å². The summed E-state index contributed by atoms with van der Waals surface area (Å²) in [6.07, 6.45) is 6.28. The third-order valence-electron chi connectivity index (χ3n) is 8.24. The number of benzene rings is 2. The number of anilines is 2.